The smallest absolute Gasteiger partial charge is 0.345 e. The summed E-state index contributed by atoms with van der Waals surface area (Å²) >= 11 is 0.984. The van der Waals surface area contributed by atoms with Crippen LogP contribution in [0.5, 0.6) is 0 Å². The van der Waals surface area contributed by atoms with Crippen molar-refractivity contribution in [1.29, 1.82) is 0 Å². The first-order valence-corrected chi connectivity index (χ1v) is 8.44. The molecular weight excluding hydrogens is 286 g/mol. The van der Waals surface area contributed by atoms with Gasteiger partial charge < -0.3 is 5.11 Å². The Morgan fingerprint density at radius 3 is 2.68 bits per heavy atom. The lowest BCUT2D eigenvalue weighted by Gasteiger charge is -2.11. The summed E-state index contributed by atoms with van der Waals surface area (Å²) in [4.78, 5) is 11.5. The lowest BCUT2D eigenvalue weighted by Crippen LogP contribution is -2.29. The van der Waals surface area contributed by atoms with Gasteiger partial charge in [-0.15, -0.1) is 11.3 Å². The zero-order valence-corrected chi connectivity index (χ0v) is 12.5. The van der Waals surface area contributed by atoms with Gasteiger partial charge in [0.15, 0.2) is 0 Å². The molecule has 0 aromatic carbocycles. The Hall–Kier alpha value is -0.920. The normalized spacial score (nSPS) is 17.4. The fourth-order valence-corrected chi connectivity index (χ4v) is 4.56. The minimum absolute atomic E-state index is 0.0492. The maximum Gasteiger partial charge on any atom is 0.345 e. The highest BCUT2D eigenvalue weighted by Gasteiger charge is 2.29. The van der Waals surface area contributed by atoms with Crippen LogP contribution in [0.1, 0.15) is 34.3 Å². The molecular formula is C12H17NO4S2. The maximum atomic E-state index is 12.1. The molecule has 19 heavy (non-hydrogen) atoms. The molecule has 2 rings (SSSR count). The van der Waals surface area contributed by atoms with Crippen LogP contribution in [0.25, 0.3) is 0 Å². The molecule has 0 spiro atoms. The second-order valence-electron chi connectivity index (χ2n) is 5.00. The summed E-state index contributed by atoms with van der Waals surface area (Å²) in [7, 11) is -3.61. The van der Waals surface area contributed by atoms with Gasteiger partial charge in [-0.3, -0.25) is 0 Å². The molecule has 1 unspecified atom stereocenters. The molecule has 1 aromatic rings. The van der Waals surface area contributed by atoms with E-state index in [-0.39, 0.29) is 9.77 Å². The molecule has 0 radical (unpaired) electrons. The number of carboxylic acid groups (broad SMARTS) is 1. The largest absolute Gasteiger partial charge is 0.477 e. The third kappa shape index (κ3) is 3.34. The third-order valence-corrected chi connectivity index (χ3v) is 6.11. The minimum atomic E-state index is -3.61. The summed E-state index contributed by atoms with van der Waals surface area (Å²) in [5.74, 6) is -0.144. The van der Waals surface area contributed by atoms with E-state index in [2.05, 4.69) is 4.72 Å². The number of aryl methyl sites for hydroxylation is 1. The summed E-state index contributed by atoms with van der Waals surface area (Å²) in [6, 6.07) is 1.23. The van der Waals surface area contributed by atoms with E-state index in [4.69, 9.17) is 5.11 Å². The molecule has 1 aliphatic carbocycles. The lowest BCUT2D eigenvalue weighted by molar-refractivity contribution is 0.0702. The van der Waals surface area contributed by atoms with Crippen molar-refractivity contribution >= 4 is 27.3 Å². The summed E-state index contributed by atoms with van der Waals surface area (Å²) in [5.41, 5.74) is 0. The van der Waals surface area contributed by atoms with Gasteiger partial charge in [0.25, 0.3) is 0 Å². The number of aromatic carboxylic acids is 1. The molecule has 1 aliphatic rings. The van der Waals surface area contributed by atoms with Gasteiger partial charge in [0.05, 0.1) is 4.90 Å². The highest BCUT2D eigenvalue weighted by Crippen LogP contribution is 2.36. The van der Waals surface area contributed by atoms with Crippen LogP contribution in [0.4, 0.5) is 0 Å². The van der Waals surface area contributed by atoms with E-state index in [0.717, 1.165) is 11.3 Å². The molecule has 0 aliphatic heterocycles. The fraction of sp³-hybridized carbons (Fsp3) is 0.583. The summed E-state index contributed by atoms with van der Waals surface area (Å²) in [6.07, 6.45) is 2.34. The van der Waals surface area contributed by atoms with Crippen molar-refractivity contribution in [1.82, 2.24) is 4.72 Å². The van der Waals surface area contributed by atoms with Crippen molar-refractivity contribution in [3.05, 3.63) is 15.8 Å². The molecule has 106 valence electrons. The van der Waals surface area contributed by atoms with E-state index in [1.165, 1.54) is 18.9 Å². The SMILES string of the molecule is Cc1sc(C(=O)O)cc1S(=O)(=O)NCC(C)C1CC1. The van der Waals surface area contributed by atoms with E-state index in [1.54, 1.807) is 6.92 Å². The first-order valence-electron chi connectivity index (χ1n) is 6.14. The lowest BCUT2D eigenvalue weighted by atomic mass is 10.1. The predicted molar refractivity (Wildman–Crippen MR) is 73.1 cm³/mol. The molecule has 0 amide bonds. The van der Waals surface area contributed by atoms with Gasteiger partial charge in [-0.2, -0.15) is 0 Å². The van der Waals surface area contributed by atoms with Crippen molar-refractivity contribution in [2.45, 2.75) is 31.6 Å². The third-order valence-electron chi connectivity index (χ3n) is 3.39. The number of hydrogen-bond donors (Lipinski definition) is 2. The van der Waals surface area contributed by atoms with Gasteiger partial charge >= 0.3 is 5.97 Å². The van der Waals surface area contributed by atoms with Gasteiger partial charge in [-0.1, -0.05) is 6.92 Å². The van der Waals surface area contributed by atoms with Crippen LogP contribution in [-0.4, -0.2) is 26.0 Å². The predicted octanol–water partition coefficient (Wildman–Crippen LogP) is 2.08. The molecule has 5 nitrogen and oxygen atoms in total. The van der Waals surface area contributed by atoms with E-state index in [0.29, 0.717) is 23.3 Å². The van der Waals surface area contributed by atoms with E-state index < -0.39 is 16.0 Å². The highest BCUT2D eigenvalue weighted by molar-refractivity contribution is 7.89. The Balaban J connectivity index is 2.12. The maximum absolute atomic E-state index is 12.1. The Labute approximate surface area is 116 Å². The van der Waals surface area contributed by atoms with E-state index >= 15 is 0 Å². The second kappa shape index (κ2) is 5.22. The summed E-state index contributed by atoms with van der Waals surface area (Å²) < 4.78 is 26.9. The zero-order chi connectivity index (χ0) is 14.2. The monoisotopic (exact) mass is 303 g/mol. The molecule has 1 saturated carbocycles. The molecule has 1 atom stereocenters. The molecule has 1 heterocycles. The van der Waals surface area contributed by atoms with Gasteiger partial charge in [-0.05, 0) is 37.7 Å². The van der Waals surface area contributed by atoms with Crippen molar-refractivity contribution < 1.29 is 18.3 Å². The second-order valence-corrected chi connectivity index (χ2v) is 7.99. The quantitative estimate of drug-likeness (QED) is 0.843. The van der Waals surface area contributed by atoms with Crippen LogP contribution in [0.3, 0.4) is 0 Å². The van der Waals surface area contributed by atoms with Crippen LogP contribution < -0.4 is 4.72 Å². The van der Waals surface area contributed by atoms with Crippen LogP contribution in [0.15, 0.2) is 11.0 Å². The highest BCUT2D eigenvalue weighted by atomic mass is 32.2. The van der Waals surface area contributed by atoms with Crippen molar-refractivity contribution in [3.63, 3.8) is 0 Å². The zero-order valence-electron chi connectivity index (χ0n) is 10.8. The summed E-state index contributed by atoms with van der Waals surface area (Å²) in [6.45, 7) is 4.06. The Morgan fingerprint density at radius 2 is 2.21 bits per heavy atom. The van der Waals surface area contributed by atoms with Crippen molar-refractivity contribution in [2.75, 3.05) is 6.54 Å². The average molecular weight is 303 g/mol. The van der Waals surface area contributed by atoms with Crippen molar-refractivity contribution in [3.8, 4) is 0 Å². The van der Waals surface area contributed by atoms with E-state index in [1.807, 2.05) is 6.92 Å². The Morgan fingerprint density at radius 1 is 1.58 bits per heavy atom. The molecule has 1 aromatic heterocycles. The fourth-order valence-electron chi connectivity index (χ4n) is 1.99. The van der Waals surface area contributed by atoms with Gasteiger partial charge in [0.2, 0.25) is 10.0 Å². The minimum Gasteiger partial charge on any atom is -0.477 e. The number of thiophene rings is 1. The molecule has 1 fully saturated rings. The number of rotatable bonds is 6. The molecule has 7 heteroatoms. The van der Waals surface area contributed by atoms with Crippen LogP contribution in [0.2, 0.25) is 0 Å². The number of carboxylic acids is 1. The first kappa shape index (κ1) is 14.5. The Kier molecular flexibility index (Phi) is 3.98. The van der Waals surface area contributed by atoms with Gasteiger partial charge in [0, 0.05) is 11.4 Å². The van der Waals surface area contributed by atoms with Gasteiger partial charge in [-0.25, -0.2) is 17.9 Å². The van der Waals surface area contributed by atoms with E-state index in [9.17, 15) is 13.2 Å². The first-order chi connectivity index (χ1) is 8.81. The van der Waals surface area contributed by atoms with Crippen molar-refractivity contribution in [2.24, 2.45) is 11.8 Å². The average Bonchev–Trinajstić information content (AvgIpc) is 3.09. The van der Waals surface area contributed by atoms with Gasteiger partial charge in [0.1, 0.15) is 4.88 Å². The number of carbonyl (C=O) groups is 1. The molecule has 0 bridgehead atoms. The summed E-state index contributed by atoms with van der Waals surface area (Å²) in [5, 5.41) is 8.88. The number of hydrogen-bond acceptors (Lipinski definition) is 4. The van der Waals surface area contributed by atoms with Crippen LogP contribution >= 0.6 is 11.3 Å². The topological polar surface area (TPSA) is 83.5 Å². The van der Waals surface area contributed by atoms with Crippen LogP contribution in [-0.2, 0) is 10.0 Å². The number of nitrogens with one attached hydrogen (secondary N) is 1. The Bertz CT molecular complexity index is 587. The number of sulfonamides is 1. The van der Waals surface area contributed by atoms with Crippen LogP contribution in [0, 0.1) is 18.8 Å². The molecule has 0 saturated heterocycles. The molecule has 2 N–H and O–H groups in total. The standard InChI is InChI=1S/C12H17NO4S2/c1-7(9-3-4-9)6-13-19(16,17)11-5-10(12(14)15)18-8(11)2/h5,7,9,13H,3-4,6H2,1-2H3,(H,14,15).